The predicted molar refractivity (Wildman–Crippen MR) is 101 cm³/mol. The van der Waals surface area contributed by atoms with Crippen LogP contribution in [-0.4, -0.2) is 39.8 Å². The van der Waals surface area contributed by atoms with Gasteiger partial charge in [0, 0.05) is 5.02 Å². The van der Waals surface area contributed by atoms with Gasteiger partial charge in [-0.2, -0.15) is 0 Å². The van der Waals surface area contributed by atoms with Crippen molar-refractivity contribution in [2.24, 2.45) is 0 Å². The number of anilines is 1. The summed E-state index contributed by atoms with van der Waals surface area (Å²) < 4.78 is 20.6. The van der Waals surface area contributed by atoms with E-state index in [0.717, 1.165) is 0 Å². The maximum absolute atomic E-state index is 12.3. The van der Waals surface area contributed by atoms with E-state index in [2.05, 4.69) is 5.32 Å². The molecule has 2 aromatic carbocycles. The van der Waals surface area contributed by atoms with Crippen LogP contribution in [0.1, 0.15) is 10.4 Å². The lowest BCUT2D eigenvalue weighted by molar-refractivity contribution is -0.119. The molecule has 1 amide bonds. The molecule has 7 nitrogen and oxygen atoms in total. The summed E-state index contributed by atoms with van der Waals surface area (Å²) in [6.07, 6.45) is 0. The molecule has 0 saturated heterocycles. The highest BCUT2D eigenvalue weighted by Gasteiger charge is 2.19. The largest absolute Gasteiger partial charge is 0.493 e. The van der Waals surface area contributed by atoms with E-state index < -0.39 is 18.5 Å². The van der Waals surface area contributed by atoms with E-state index in [0.29, 0.717) is 33.0 Å². The molecule has 0 aliphatic heterocycles. The number of nitrogens with one attached hydrogen (secondary N) is 1. The molecule has 0 aromatic heterocycles. The molecule has 0 saturated carbocycles. The first-order valence-corrected chi connectivity index (χ1v) is 8.37. The van der Waals surface area contributed by atoms with Gasteiger partial charge in [0.2, 0.25) is 5.75 Å². The lowest BCUT2D eigenvalue weighted by Crippen LogP contribution is -2.21. The van der Waals surface area contributed by atoms with Gasteiger partial charge in [-0.3, -0.25) is 4.79 Å². The maximum Gasteiger partial charge on any atom is 0.338 e. The van der Waals surface area contributed by atoms with Crippen molar-refractivity contribution in [1.29, 1.82) is 0 Å². The molecular weight excluding hydrogens is 397 g/mol. The second-order valence-corrected chi connectivity index (χ2v) is 6.01. The Bertz CT molecular complexity index is 831. The highest BCUT2D eigenvalue weighted by Crippen LogP contribution is 2.38. The van der Waals surface area contributed by atoms with Gasteiger partial charge >= 0.3 is 5.97 Å². The molecular formula is C18H17Cl2NO6. The Hall–Kier alpha value is -2.64. The normalized spacial score (nSPS) is 10.1. The lowest BCUT2D eigenvalue weighted by atomic mass is 10.2. The lowest BCUT2D eigenvalue weighted by Gasteiger charge is -2.14. The summed E-state index contributed by atoms with van der Waals surface area (Å²) in [7, 11) is 4.30. The Labute approximate surface area is 166 Å². The topological polar surface area (TPSA) is 83.1 Å². The standard InChI is InChI=1S/C18H17Cl2NO6/c1-24-14-6-10(7-15(25-2)17(14)26-3)18(23)27-9-16(22)21-13-8-11(19)4-5-12(13)20/h4-8H,9H2,1-3H3,(H,21,22). The van der Waals surface area contributed by atoms with E-state index in [-0.39, 0.29) is 5.56 Å². The van der Waals surface area contributed by atoms with Crippen molar-refractivity contribution in [1.82, 2.24) is 0 Å². The van der Waals surface area contributed by atoms with Crippen LogP contribution in [0.5, 0.6) is 17.2 Å². The minimum atomic E-state index is -0.735. The first-order chi connectivity index (χ1) is 12.9. The number of amides is 1. The SMILES string of the molecule is COc1cc(C(=O)OCC(=O)Nc2cc(Cl)ccc2Cl)cc(OC)c1OC. The number of ether oxygens (including phenoxy) is 4. The van der Waals surface area contributed by atoms with Gasteiger partial charge in [0.1, 0.15) is 0 Å². The van der Waals surface area contributed by atoms with Crippen LogP contribution in [0.2, 0.25) is 10.0 Å². The number of carbonyl (C=O) groups is 2. The van der Waals surface area contributed by atoms with Crippen LogP contribution < -0.4 is 19.5 Å². The minimum Gasteiger partial charge on any atom is -0.493 e. The fourth-order valence-corrected chi connectivity index (χ4v) is 2.53. The van der Waals surface area contributed by atoms with E-state index in [1.165, 1.54) is 39.5 Å². The van der Waals surface area contributed by atoms with Crippen LogP contribution in [0, 0.1) is 0 Å². The van der Waals surface area contributed by atoms with Gasteiger partial charge in [-0.1, -0.05) is 23.2 Å². The van der Waals surface area contributed by atoms with E-state index in [4.69, 9.17) is 42.1 Å². The van der Waals surface area contributed by atoms with Crippen molar-refractivity contribution < 1.29 is 28.5 Å². The number of hydrogen-bond donors (Lipinski definition) is 1. The first kappa shape index (κ1) is 20.7. The van der Waals surface area contributed by atoms with Crippen LogP contribution in [0.25, 0.3) is 0 Å². The Kier molecular flexibility index (Phi) is 7.15. The van der Waals surface area contributed by atoms with Crippen molar-refractivity contribution >= 4 is 40.8 Å². The number of benzene rings is 2. The van der Waals surface area contributed by atoms with Crippen molar-refractivity contribution in [2.45, 2.75) is 0 Å². The van der Waals surface area contributed by atoms with Gasteiger partial charge in [0.25, 0.3) is 5.91 Å². The molecule has 9 heteroatoms. The zero-order valence-corrected chi connectivity index (χ0v) is 16.3. The Morgan fingerprint density at radius 1 is 0.963 bits per heavy atom. The molecule has 0 radical (unpaired) electrons. The third-order valence-electron chi connectivity index (χ3n) is 3.44. The molecule has 0 heterocycles. The summed E-state index contributed by atoms with van der Waals surface area (Å²) in [5.74, 6) is -0.385. The van der Waals surface area contributed by atoms with E-state index in [1.807, 2.05) is 0 Å². The van der Waals surface area contributed by atoms with Gasteiger partial charge < -0.3 is 24.3 Å². The average Bonchev–Trinajstić information content (AvgIpc) is 2.67. The third-order valence-corrected chi connectivity index (χ3v) is 4.00. The van der Waals surface area contributed by atoms with Crippen molar-refractivity contribution in [3.05, 3.63) is 45.9 Å². The van der Waals surface area contributed by atoms with Gasteiger partial charge in [0.15, 0.2) is 18.1 Å². The zero-order valence-electron chi connectivity index (χ0n) is 14.8. The van der Waals surface area contributed by atoms with Gasteiger partial charge in [-0.25, -0.2) is 4.79 Å². The summed E-state index contributed by atoms with van der Waals surface area (Å²) in [4.78, 5) is 24.3. The number of methoxy groups -OCH3 is 3. The monoisotopic (exact) mass is 413 g/mol. The molecule has 2 rings (SSSR count). The molecule has 27 heavy (non-hydrogen) atoms. The maximum atomic E-state index is 12.3. The number of esters is 1. The summed E-state index contributed by atoms with van der Waals surface area (Å²) in [6, 6.07) is 7.47. The fraction of sp³-hybridized carbons (Fsp3) is 0.222. The van der Waals surface area contributed by atoms with E-state index in [1.54, 1.807) is 12.1 Å². The van der Waals surface area contributed by atoms with Crippen molar-refractivity contribution in [2.75, 3.05) is 33.3 Å². The van der Waals surface area contributed by atoms with Crippen molar-refractivity contribution in [3.8, 4) is 17.2 Å². The van der Waals surface area contributed by atoms with Crippen LogP contribution in [0.3, 0.4) is 0 Å². The molecule has 1 N–H and O–H groups in total. The smallest absolute Gasteiger partial charge is 0.338 e. The highest BCUT2D eigenvalue weighted by molar-refractivity contribution is 6.35. The van der Waals surface area contributed by atoms with Gasteiger partial charge in [0.05, 0.1) is 37.6 Å². The summed E-state index contributed by atoms with van der Waals surface area (Å²) in [6.45, 7) is -0.516. The summed E-state index contributed by atoms with van der Waals surface area (Å²) in [5, 5.41) is 3.23. The second-order valence-electron chi connectivity index (χ2n) is 5.16. The third kappa shape index (κ3) is 5.18. The van der Waals surface area contributed by atoms with Crippen LogP contribution in [-0.2, 0) is 9.53 Å². The van der Waals surface area contributed by atoms with Crippen LogP contribution >= 0.6 is 23.2 Å². The quantitative estimate of drug-likeness (QED) is 0.694. The molecule has 0 unspecified atom stereocenters. The Morgan fingerprint density at radius 3 is 2.15 bits per heavy atom. The second kappa shape index (κ2) is 9.34. The van der Waals surface area contributed by atoms with Gasteiger partial charge in [-0.15, -0.1) is 0 Å². The molecule has 0 aliphatic carbocycles. The number of halogens is 2. The Morgan fingerprint density at radius 2 is 1.59 bits per heavy atom. The number of rotatable bonds is 7. The summed E-state index contributed by atoms with van der Waals surface area (Å²) in [5.41, 5.74) is 0.455. The van der Waals surface area contributed by atoms with Crippen LogP contribution in [0.4, 0.5) is 5.69 Å². The molecule has 0 spiro atoms. The molecule has 0 atom stereocenters. The molecule has 0 fully saturated rings. The van der Waals surface area contributed by atoms with E-state index in [9.17, 15) is 9.59 Å². The first-order valence-electron chi connectivity index (χ1n) is 7.61. The molecule has 144 valence electrons. The Balaban J connectivity index is 2.07. The molecule has 0 aliphatic rings. The van der Waals surface area contributed by atoms with E-state index >= 15 is 0 Å². The fourth-order valence-electron chi connectivity index (χ4n) is 2.19. The zero-order chi connectivity index (χ0) is 20.0. The van der Waals surface area contributed by atoms with Crippen LogP contribution in [0.15, 0.2) is 30.3 Å². The molecule has 2 aromatic rings. The minimum absolute atomic E-state index is 0.137. The predicted octanol–water partition coefficient (Wildman–Crippen LogP) is 3.81. The number of carbonyl (C=O) groups excluding carboxylic acids is 2. The highest BCUT2D eigenvalue weighted by atomic mass is 35.5. The van der Waals surface area contributed by atoms with Gasteiger partial charge in [-0.05, 0) is 30.3 Å². The summed E-state index contributed by atoms with van der Waals surface area (Å²) >= 11 is 11.8. The van der Waals surface area contributed by atoms with Crippen molar-refractivity contribution in [3.63, 3.8) is 0 Å². The number of hydrogen-bond acceptors (Lipinski definition) is 6. The average molecular weight is 414 g/mol. The molecule has 0 bridgehead atoms.